The molecular weight excluding hydrogens is 317 g/mol. The number of carbonyl (C=O) groups is 3. The van der Waals surface area contributed by atoms with Crippen molar-refractivity contribution in [2.24, 2.45) is 11.8 Å². The molecule has 1 fully saturated rings. The number of carbonyl (C=O) groups excluding carboxylic acids is 3. The first-order valence-corrected chi connectivity index (χ1v) is 7.46. The molecule has 0 aliphatic heterocycles. The highest BCUT2D eigenvalue weighted by molar-refractivity contribution is 5.81. The summed E-state index contributed by atoms with van der Waals surface area (Å²) in [4.78, 5) is 33.9. The number of alkyl halides is 3. The van der Waals surface area contributed by atoms with E-state index < -0.39 is 36.5 Å². The lowest BCUT2D eigenvalue weighted by Crippen LogP contribution is -2.40. The Morgan fingerprint density at radius 2 is 1.70 bits per heavy atom. The minimum atomic E-state index is -4.44. The molecule has 0 bridgehead atoms. The van der Waals surface area contributed by atoms with Crippen molar-refractivity contribution in [1.82, 2.24) is 10.6 Å². The van der Waals surface area contributed by atoms with Crippen molar-refractivity contribution in [3.63, 3.8) is 0 Å². The van der Waals surface area contributed by atoms with Crippen LogP contribution in [0.5, 0.6) is 0 Å². The smallest absolute Gasteiger partial charge is 0.392 e. The predicted octanol–water partition coefficient (Wildman–Crippen LogP) is 1.15. The van der Waals surface area contributed by atoms with E-state index in [1.165, 1.54) is 6.92 Å². The summed E-state index contributed by atoms with van der Waals surface area (Å²) in [6, 6.07) is 0. The summed E-state index contributed by atoms with van der Waals surface area (Å²) in [5.41, 5.74) is 0. The van der Waals surface area contributed by atoms with Crippen LogP contribution in [0, 0.1) is 11.8 Å². The maximum Gasteiger partial charge on any atom is 0.392 e. The number of amides is 2. The van der Waals surface area contributed by atoms with E-state index in [2.05, 4.69) is 10.6 Å². The Morgan fingerprint density at radius 3 is 2.30 bits per heavy atom. The van der Waals surface area contributed by atoms with Gasteiger partial charge in [0.2, 0.25) is 5.91 Å². The van der Waals surface area contributed by atoms with E-state index in [0.717, 1.165) is 0 Å². The molecule has 0 aromatic carbocycles. The van der Waals surface area contributed by atoms with Crippen molar-refractivity contribution in [2.45, 2.75) is 38.8 Å². The van der Waals surface area contributed by atoms with Crippen molar-refractivity contribution in [3.05, 3.63) is 0 Å². The minimum Gasteiger partial charge on any atom is -0.455 e. The third-order valence-corrected chi connectivity index (χ3v) is 3.66. The highest BCUT2D eigenvalue weighted by Gasteiger charge is 2.48. The first-order chi connectivity index (χ1) is 10.7. The van der Waals surface area contributed by atoms with Crippen molar-refractivity contribution < 1.29 is 32.3 Å². The molecule has 23 heavy (non-hydrogen) atoms. The van der Waals surface area contributed by atoms with Gasteiger partial charge >= 0.3 is 12.1 Å². The lowest BCUT2D eigenvalue weighted by Gasteiger charge is -2.31. The van der Waals surface area contributed by atoms with Crippen LogP contribution in [0.1, 0.15) is 32.6 Å². The Labute approximate surface area is 132 Å². The Kier molecular flexibility index (Phi) is 7.31. The van der Waals surface area contributed by atoms with Crippen molar-refractivity contribution in [2.75, 3.05) is 19.7 Å². The number of hydrogen-bond donors (Lipinski definition) is 2. The van der Waals surface area contributed by atoms with E-state index in [4.69, 9.17) is 4.74 Å². The van der Waals surface area contributed by atoms with Gasteiger partial charge in [-0.25, -0.2) is 0 Å². The van der Waals surface area contributed by atoms with Gasteiger partial charge in [-0.3, -0.25) is 14.4 Å². The fraction of sp³-hybridized carbons (Fsp3) is 0.786. The van der Waals surface area contributed by atoms with E-state index in [-0.39, 0.29) is 31.8 Å². The second-order valence-corrected chi connectivity index (χ2v) is 5.48. The van der Waals surface area contributed by atoms with Crippen LogP contribution in [0.15, 0.2) is 0 Å². The standard InChI is InChI=1S/C14H21F3N2O4/c1-9(20)18-6-7-19-12(21)8-23-13(22)10-4-2-3-5-11(10)14(15,16)17/h10-11H,2-8H2,1H3,(H,18,20)(H,19,21)/t10-,11-/m0/s1. The molecule has 0 heterocycles. The van der Waals surface area contributed by atoms with Crippen molar-refractivity contribution >= 4 is 17.8 Å². The zero-order chi connectivity index (χ0) is 17.5. The molecule has 0 saturated heterocycles. The van der Waals surface area contributed by atoms with Crippen LogP contribution in [0.2, 0.25) is 0 Å². The van der Waals surface area contributed by atoms with Crippen LogP contribution >= 0.6 is 0 Å². The molecule has 1 saturated carbocycles. The summed E-state index contributed by atoms with van der Waals surface area (Å²) in [5.74, 6) is -4.80. The highest BCUT2D eigenvalue weighted by atomic mass is 19.4. The third kappa shape index (κ3) is 6.87. The maximum atomic E-state index is 12.9. The lowest BCUT2D eigenvalue weighted by molar-refractivity contribution is -0.205. The summed E-state index contributed by atoms with van der Waals surface area (Å²) < 4.78 is 43.4. The van der Waals surface area contributed by atoms with Gasteiger partial charge in [-0.2, -0.15) is 13.2 Å². The van der Waals surface area contributed by atoms with Crippen LogP contribution in [-0.4, -0.2) is 43.7 Å². The van der Waals surface area contributed by atoms with Gasteiger partial charge in [0.15, 0.2) is 6.61 Å². The normalized spacial score (nSPS) is 21.4. The summed E-state index contributed by atoms with van der Waals surface area (Å²) in [5, 5.41) is 4.84. The fourth-order valence-electron chi connectivity index (χ4n) is 2.54. The van der Waals surface area contributed by atoms with E-state index in [0.29, 0.717) is 12.8 Å². The molecule has 2 amide bonds. The molecular formula is C14H21F3N2O4. The summed E-state index contributed by atoms with van der Waals surface area (Å²) in [7, 11) is 0. The zero-order valence-electron chi connectivity index (χ0n) is 12.9. The number of ether oxygens (including phenoxy) is 1. The van der Waals surface area contributed by atoms with E-state index in [1.807, 2.05) is 0 Å². The van der Waals surface area contributed by atoms with E-state index in [9.17, 15) is 27.6 Å². The number of halogens is 3. The Bertz CT molecular complexity index is 440. The Balaban J connectivity index is 2.36. The number of esters is 1. The molecule has 0 aromatic heterocycles. The predicted molar refractivity (Wildman–Crippen MR) is 74.2 cm³/mol. The second kappa shape index (κ2) is 8.73. The molecule has 132 valence electrons. The quantitative estimate of drug-likeness (QED) is 0.562. The molecule has 1 aliphatic carbocycles. The number of nitrogens with one attached hydrogen (secondary N) is 2. The summed E-state index contributed by atoms with van der Waals surface area (Å²) in [6.07, 6.45) is -3.45. The first-order valence-electron chi connectivity index (χ1n) is 7.46. The molecule has 0 spiro atoms. The maximum absolute atomic E-state index is 12.9. The third-order valence-electron chi connectivity index (χ3n) is 3.66. The van der Waals surface area contributed by atoms with Gasteiger partial charge in [0.25, 0.3) is 5.91 Å². The van der Waals surface area contributed by atoms with Gasteiger partial charge in [0.05, 0.1) is 11.8 Å². The summed E-state index contributed by atoms with van der Waals surface area (Å²) in [6.45, 7) is 1.06. The molecule has 0 unspecified atom stereocenters. The fourth-order valence-corrected chi connectivity index (χ4v) is 2.54. The molecule has 1 rings (SSSR count). The topological polar surface area (TPSA) is 84.5 Å². The van der Waals surface area contributed by atoms with Gasteiger partial charge in [0, 0.05) is 20.0 Å². The number of rotatable bonds is 6. The molecule has 2 N–H and O–H groups in total. The zero-order valence-corrected chi connectivity index (χ0v) is 12.9. The van der Waals surface area contributed by atoms with E-state index >= 15 is 0 Å². The largest absolute Gasteiger partial charge is 0.455 e. The van der Waals surface area contributed by atoms with Crippen LogP contribution in [0.4, 0.5) is 13.2 Å². The number of hydrogen-bond acceptors (Lipinski definition) is 4. The van der Waals surface area contributed by atoms with Gasteiger partial charge < -0.3 is 15.4 Å². The molecule has 2 atom stereocenters. The molecule has 9 heteroatoms. The molecule has 0 radical (unpaired) electrons. The van der Waals surface area contributed by atoms with Gasteiger partial charge in [0.1, 0.15) is 0 Å². The minimum absolute atomic E-state index is 0.0911. The molecule has 0 aromatic rings. The van der Waals surface area contributed by atoms with Crippen LogP contribution < -0.4 is 10.6 Å². The summed E-state index contributed by atoms with van der Waals surface area (Å²) >= 11 is 0. The SMILES string of the molecule is CC(=O)NCCNC(=O)COC(=O)[C@H]1CCCC[C@@H]1C(F)(F)F. The second-order valence-electron chi connectivity index (χ2n) is 5.48. The van der Waals surface area contributed by atoms with Crippen molar-refractivity contribution in [1.29, 1.82) is 0 Å². The van der Waals surface area contributed by atoms with Crippen LogP contribution in [0.25, 0.3) is 0 Å². The van der Waals surface area contributed by atoms with Gasteiger partial charge in [-0.15, -0.1) is 0 Å². The van der Waals surface area contributed by atoms with Crippen LogP contribution in [0.3, 0.4) is 0 Å². The average Bonchev–Trinajstić information content (AvgIpc) is 2.48. The first kappa shape index (κ1) is 19.2. The van der Waals surface area contributed by atoms with E-state index in [1.54, 1.807) is 0 Å². The lowest BCUT2D eigenvalue weighted by atomic mass is 9.79. The monoisotopic (exact) mass is 338 g/mol. The Morgan fingerprint density at radius 1 is 1.09 bits per heavy atom. The molecule has 6 nitrogen and oxygen atoms in total. The average molecular weight is 338 g/mol. The van der Waals surface area contributed by atoms with Gasteiger partial charge in [-0.1, -0.05) is 12.8 Å². The van der Waals surface area contributed by atoms with Crippen LogP contribution in [-0.2, 0) is 19.1 Å². The Hall–Kier alpha value is -1.80. The highest BCUT2D eigenvalue weighted by Crippen LogP contribution is 2.41. The van der Waals surface area contributed by atoms with Crippen molar-refractivity contribution in [3.8, 4) is 0 Å². The molecule has 1 aliphatic rings. The van der Waals surface area contributed by atoms with Gasteiger partial charge in [-0.05, 0) is 12.8 Å².